The minimum atomic E-state index is -3.18. The second-order valence-corrected chi connectivity index (χ2v) is 7.90. The summed E-state index contributed by atoms with van der Waals surface area (Å²) in [6, 6.07) is 6.73. The van der Waals surface area contributed by atoms with E-state index in [0.717, 1.165) is 18.2 Å². The molecule has 1 amide bonds. The maximum Gasteiger partial charge on any atom is 0.387 e. The second-order valence-electron chi connectivity index (χ2n) is 7.90. The molecule has 1 saturated heterocycles. The zero-order chi connectivity index (χ0) is 25.2. The number of halogens is 6. The Morgan fingerprint density at radius 1 is 1.03 bits per heavy atom. The number of carbonyl (C=O) groups is 1. The number of amides is 1. The van der Waals surface area contributed by atoms with Crippen molar-refractivity contribution in [2.24, 2.45) is 0 Å². The van der Waals surface area contributed by atoms with Crippen LogP contribution >= 0.6 is 0 Å². The minimum absolute atomic E-state index is 0.0232. The van der Waals surface area contributed by atoms with E-state index in [1.165, 1.54) is 34.1 Å². The summed E-state index contributed by atoms with van der Waals surface area (Å²) in [5, 5.41) is 0. The van der Waals surface area contributed by atoms with Crippen molar-refractivity contribution in [1.29, 1.82) is 0 Å². The molecule has 0 saturated carbocycles. The maximum atomic E-state index is 13.4. The van der Waals surface area contributed by atoms with Crippen LogP contribution in [0, 0.1) is 11.6 Å². The second kappa shape index (κ2) is 10.1. The van der Waals surface area contributed by atoms with Gasteiger partial charge in [0, 0.05) is 43.9 Å². The lowest BCUT2D eigenvalue weighted by atomic mass is 10.2. The van der Waals surface area contributed by atoms with E-state index in [1.54, 1.807) is 0 Å². The molecule has 0 N–H and O–H groups in total. The van der Waals surface area contributed by atoms with Gasteiger partial charge < -0.3 is 19.1 Å². The highest BCUT2D eigenvalue weighted by Crippen LogP contribution is 2.35. The summed E-state index contributed by atoms with van der Waals surface area (Å²) in [4.78, 5) is 15.4. The van der Waals surface area contributed by atoms with Crippen LogP contribution in [0.15, 0.2) is 48.2 Å². The summed E-state index contributed by atoms with van der Waals surface area (Å²) >= 11 is 0. The van der Waals surface area contributed by atoms with E-state index >= 15 is 0 Å². The molecule has 0 bridgehead atoms. The molecule has 6 nitrogen and oxygen atoms in total. The Morgan fingerprint density at radius 3 is 2.51 bits per heavy atom. The number of alkyl halides is 4. The van der Waals surface area contributed by atoms with Crippen molar-refractivity contribution in [3.05, 3.63) is 59.9 Å². The summed E-state index contributed by atoms with van der Waals surface area (Å²) in [7, 11) is 0. The van der Waals surface area contributed by atoms with Crippen LogP contribution in [0.25, 0.3) is 0 Å². The summed E-state index contributed by atoms with van der Waals surface area (Å²) < 4.78 is 94.4. The number of carbonyl (C=O) groups excluding carboxylic acids is 1. The van der Waals surface area contributed by atoms with Crippen molar-refractivity contribution in [3.8, 4) is 17.2 Å². The first-order valence-electron chi connectivity index (χ1n) is 10.6. The fourth-order valence-corrected chi connectivity index (χ4v) is 3.71. The average molecular weight is 502 g/mol. The van der Waals surface area contributed by atoms with Gasteiger partial charge in [-0.2, -0.15) is 8.78 Å². The summed E-state index contributed by atoms with van der Waals surface area (Å²) in [6.45, 7) is -3.21. The summed E-state index contributed by atoms with van der Waals surface area (Å²) in [5.41, 5.74) is 0.192. The van der Waals surface area contributed by atoms with Crippen molar-refractivity contribution in [2.75, 3.05) is 37.7 Å². The summed E-state index contributed by atoms with van der Waals surface area (Å²) in [5.74, 6) is -6.24. The molecule has 1 fully saturated rings. The van der Waals surface area contributed by atoms with E-state index in [-0.39, 0.29) is 61.4 Å². The van der Waals surface area contributed by atoms with Crippen LogP contribution in [-0.4, -0.2) is 56.1 Å². The van der Waals surface area contributed by atoms with Crippen LogP contribution in [0.2, 0.25) is 0 Å². The lowest BCUT2D eigenvalue weighted by molar-refractivity contribution is -0.116. The molecule has 0 aromatic heterocycles. The zero-order valence-electron chi connectivity index (χ0n) is 18.2. The van der Waals surface area contributed by atoms with E-state index in [2.05, 4.69) is 4.74 Å². The van der Waals surface area contributed by atoms with Crippen molar-refractivity contribution in [3.63, 3.8) is 0 Å². The van der Waals surface area contributed by atoms with Crippen LogP contribution in [0.1, 0.15) is 6.42 Å². The molecular formula is C23H20F6N2O4. The number of nitrogens with zero attached hydrogens (tertiary/aromatic N) is 2. The minimum Gasteiger partial charge on any atom is -0.488 e. The summed E-state index contributed by atoms with van der Waals surface area (Å²) in [6.07, 6.45) is 1.15. The van der Waals surface area contributed by atoms with Crippen LogP contribution in [0.3, 0.4) is 0 Å². The van der Waals surface area contributed by atoms with Crippen LogP contribution in [0.4, 0.5) is 32.0 Å². The van der Waals surface area contributed by atoms with Gasteiger partial charge in [-0.15, -0.1) is 0 Å². The Kier molecular flexibility index (Phi) is 7.10. The first-order chi connectivity index (χ1) is 16.6. The monoisotopic (exact) mass is 502 g/mol. The van der Waals surface area contributed by atoms with E-state index < -0.39 is 36.6 Å². The molecule has 2 aromatic carbocycles. The Hall–Kier alpha value is -3.41. The molecule has 2 heterocycles. The van der Waals surface area contributed by atoms with Gasteiger partial charge in [0.05, 0.1) is 6.54 Å². The third-order valence-electron chi connectivity index (χ3n) is 5.40. The van der Waals surface area contributed by atoms with Gasteiger partial charge in [-0.1, -0.05) is 0 Å². The quantitative estimate of drug-likeness (QED) is 0.470. The highest BCUT2D eigenvalue weighted by molar-refractivity contribution is 6.07. The van der Waals surface area contributed by atoms with Crippen molar-refractivity contribution < 1.29 is 45.3 Å². The highest BCUT2D eigenvalue weighted by Gasteiger charge is 2.37. The lowest BCUT2D eigenvalue weighted by Gasteiger charge is -2.20. The van der Waals surface area contributed by atoms with Gasteiger partial charge in [-0.05, 0) is 30.3 Å². The fourth-order valence-electron chi connectivity index (χ4n) is 3.71. The van der Waals surface area contributed by atoms with Gasteiger partial charge in [0.1, 0.15) is 12.4 Å². The molecule has 2 aliphatic rings. The molecule has 2 aliphatic heterocycles. The number of benzene rings is 2. The Bertz CT molecular complexity index is 1130. The topological polar surface area (TPSA) is 51.2 Å². The standard InChI is InChI=1S/C23H20F6N2O4/c24-16-3-2-15(12-17(16)25)34-19-5-7-31(21(19)32)14-1-4-18(20(11-14)35-22(26)27)33-10-9-30-8-6-23(28,29)13-30/h1-5,11-12,22H,6-10,13H2. The molecule has 0 atom stereocenters. The zero-order valence-corrected chi connectivity index (χ0v) is 18.2. The normalized spacial score (nSPS) is 17.7. The predicted octanol–water partition coefficient (Wildman–Crippen LogP) is 4.60. The molecule has 4 rings (SSSR count). The molecule has 12 heteroatoms. The Labute approximate surface area is 196 Å². The number of anilines is 1. The van der Waals surface area contributed by atoms with Gasteiger partial charge in [0.25, 0.3) is 11.8 Å². The Balaban J connectivity index is 1.42. The molecule has 0 spiro atoms. The van der Waals surface area contributed by atoms with Crippen LogP contribution < -0.4 is 19.1 Å². The molecular weight excluding hydrogens is 482 g/mol. The molecule has 0 unspecified atom stereocenters. The van der Waals surface area contributed by atoms with Gasteiger partial charge >= 0.3 is 6.61 Å². The molecule has 35 heavy (non-hydrogen) atoms. The number of hydrogen-bond donors (Lipinski definition) is 0. The number of ether oxygens (including phenoxy) is 3. The van der Waals surface area contributed by atoms with Crippen LogP contribution in [0.5, 0.6) is 17.2 Å². The van der Waals surface area contributed by atoms with E-state index in [1.807, 2.05) is 0 Å². The van der Waals surface area contributed by atoms with Gasteiger partial charge in [-0.3, -0.25) is 9.69 Å². The number of hydrogen-bond acceptors (Lipinski definition) is 5. The van der Waals surface area contributed by atoms with Crippen molar-refractivity contribution in [2.45, 2.75) is 19.0 Å². The molecule has 2 aromatic rings. The van der Waals surface area contributed by atoms with E-state index in [9.17, 15) is 31.1 Å². The first kappa shape index (κ1) is 24.7. The van der Waals surface area contributed by atoms with Crippen LogP contribution in [-0.2, 0) is 4.79 Å². The SMILES string of the molecule is O=C1C(Oc2ccc(F)c(F)c2)=CCN1c1ccc(OCCN2CCC(F)(F)C2)c(OC(F)F)c1. The fraction of sp³-hybridized carbons (Fsp3) is 0.348. The van der Waals surface area contributed by atoms with Gasteiger partial charge in [-0.25, -0.2) is 17.6 Å². The molecule has 0 radical (unpaired) electrons. The largest absolute Gasteiger partial charge is 0.488 e. The van der Waals surface area contributed by atoms with Gasteiger partial charge in [0.15, 0.2) is 28.9 Å². The average Bonchev–Trinajstić information content (AvgIpc) is 3.32. The lowest BCUT2D eigenvalue weighted by Crippen LogP contribution is -2.29. The third kappa shape index (κ3) is 5.99. The number of likely N-dealkylation sites (tertiary alicyclic amines) is 1. The smallest absolute Gasteiger partial charge is 0.387 e. The third-order valence-corrected chi connectivity index (χ3v) is 5.40. The predicted molar refractivity (Wildman–Crippen MR) is 112 cm³/mol. The van der Waals surface area contributed by atoms with Crippen molar-refractivity contribution in [1.82, 2.24) is 4.90 Å². The molecule has 188 valence electrons. The Morgan fingerprint density at radius 2 is 1.83 bits per heavy atom. The first-order valence-corrected chi connectivity index (χ1v) is 10.6. The highest BCUT2D eigenvalue weighted by atomic mass is 19.3. The maximum absolute atomic E-state index is 13.4. The van der Waals surface area contributed by atoms with Crippen molar-refractivity contribution >= 4 is 11.6 Å². The molecule has 0 aliphatic carbocycles. The van der Waals surface area contributed by atoms with E-state index in [0.29, 0.717) is 0 Å². The number of rotatable bonds is 9. The van der Waals surface area contributed by atoms with Gasteiger partial charge in [0.2, 0.25) is 0 Å². The van der Waals surface area contributed by atoms with E-state index in [4.69, 9.17) is 9.47 Å².